The molecular formula is C41H52F3N3O10S. The molecule has 3 heterocycles. The molecule has 58 heavy (non-hydrogen) atoms. The summed E-state index contributed by atoms with van der Waals surface area (Å²) in [6.45, 7) is 3.25. The number of sulfonamides is 1. The molecule has 0 radical (unpaired) electrons. The number of aromatic nitrogens is 1. The van der Waals surface area contributed by atoms with Crippen LogP contribution in [0.2, 0.25) is 0 Å². The third kappa shape index (κ3) is 9.45. The molecule has 13 nitrogen and oxygen atoms in total. The molecule has 0 unspecified atom stereocenters. The number of methoxy groups -OCH3 is 2. The molecule has 3 fully saturated rings. The Morgan fingerprint density at radius 3 is 2.48 bits per heavy atom. The summed E-state index contributed by atoms with van der Waals surface area (Å²) in [6.07, 6.45) is 1.08. The van der Waals surface area contributed by atoms with Gasteiger partial charge in [0.05, 0.1) is 42.7 Å². The molecule has 17 heteroatoms. The second-order valence-corrected chi connectivity index (χ2v) is 18.8. The Balaban J connectivity index is 1.37. The lowest BCUT2D eigenvalue weighted by atomic mass is 9.81. The number of carbonyl (C=O) groups is 4. The molecular weight excluding hydrogens is 784 g/mol. The number of ether oxygens (including phenoxy) is 4. The summed E-state index contributed by atoms with van der Waals surface area (Å²) in [5.41, 5.74) is -4.22. The van der Waals surface area contributed by atoms with Crippen LogP contribution in [0.3, 0.4) is 0 Å². The van der Waals surface area contributed by atoms with Gasteiger partial charge in [-0.15, -0.1) is 0 Å². The Hall–Kier alpha value is -4.25. The summed E-state index contributed by atoms with van der Waals surface area (Å²) in [7, 11) is -0.981. The zero-order chi connectivity index (χ0) is 42.2. The third-order valence-corrected chi connectivity index (χ3v) is 13.8. The first kappa shape index (κ1) is 43.3. The summed E-state index contributed by atoms with van der Waals surface area (Å²) in [5.74, 6) is -4.77. The number of carbonyl (C=O) groups excluding carboxylic acids is 4. The van der Waals surface area contributed by atoms with Crippen LogP contribution in [0.1, 0.15) is 78.6 Å². The zero-order valence-electron chi connectivity index (χ0n) is 33.4. The number of nitrogens with one attached hydrogen (secondary N) is 1. The van der Waals surface area contributed by atoms with Gasteiger partial charge in [0.15, 0.2) is 5.78 Å². The van der Waals surface area contributed by atoms with E-state index in [1.807, 2.05) is 19.1 Å². The van der Waals surface area contributed by atoms with Crippen molar-refractivity contribution < 1.29 is 59.7 Å². The van der Waals surface area contributed by atoms with Crippen molar-refractivity contribution in [2.75, 3.05) is 27.4 Å². The Labute approximate surface area is 336 Å². The van der Waals surface area contributed by atoms with Crippen molar-refractivity contribution in [3.05, 3.63) is 42.6 Å². The second-order valence-electron chi connectivity index (χ2n) is 16.8. The molecule has 2 amide bonds. The number of esters is 1. The predicted molar refractivity (Wildman–Crippen MR) is 205 cm³/mol. The Kier molecular flexibility index (Phi) is 12.5. The number of halogens is 3. The maximum atomic E-state index is 15.0. The highest BCUT2D eigenvalue weighted by Crippen LogP contribution is 2.57. The lowest BCUT2D eigenvalue weighted by Gasteiger charge is -2.34. The van der Waals surface area contributed by atoms with Crippen LogP contribution in [0.5, 0.6) is 11.6 Å². The molecule has 0 spiro atoms. The maximum Gasteiger partial charge on any atom is 0.427 e. The molecule has 318 valence electrons. The van der Waals surface area contributed by atoms with Crippen LogP contribution >= 0.6 is 0 Å². The fraction of sp³-hybridized carbons (Fsp3) is 0.634. The molecule has 0 bridgehead atoms. The lowest BCUT2D eigenvalue weighted by Crippen LogP contribution is -2.49. The molecule has 2 saturated carbocycles. The summed E-state index contributed by atoms with van der Waals surface area (Å²) in [6, 6.07) is 5.87. The quantitative estimate of drug-likeness (QED) is 0.218. The SMILES string of the molecule is COC[C@@H]1C[C@H](C)CC/C=C\[C@@H]2C[C@@]2(C(=O)NS(=O)(=O)C2CC2)CC(=O)[C@@H]2C[C@@H](Oc3nccc4cc(OC)ccc34)CN2C(=O)[C@H]1CC(=O)OC(C)(C)C(F)(F)F. The Morgan fingerprint density at radius 1 is 1.07 bits per heavy atom. The highest BCUT2D eigenvalue weighted by atomic mass is 32.2. The molecule has 7 atom stereocenters. The third-order valence-electron chi connectivity index (χ3n) is 12.0. The predicted octanol–water partition coefficient (Wildman–Crippen LogP) is 5.69. The first-order valence-electron chi connectivity index (χ1n) is 19.7. The second kappa shape index (κ2) is 16.8. The van der Waals surface area contributed by atoms with Crippen molar-refractivity contribution in [2.45, 2.75) is 108 Å². The first-order chi connectivity index (χ1) is 27.3. The minimum atomic E-state index is -4.89. The minimum Gasteiger partial charge on any atom is -0.497 e. The van der Waals surface area contributed by atoms with Crippen LogP contribution in [0.25, 0.3) is 10.8 Å². The van der Waals surface area contributed by atoms with Gasteiger partial charge in [-0.3, -0.25) is 23.9 Å². The molecule has 1 N–H and O–H groups in total. The number of allylic oxidation sites excluding steroid dienone is 2. The van der Waals surface area contributed by atoms with E-state index in [1.54, 1.807) is 30.5 Å². The Morgan fingerprint density at radius 2 is 1.81 bits per heavy atom. The topological polar surface area (TPSA) is 167 Å². The van der Waals surface area contributed by atoms with Crippen LogP contribution in [-0.2, 0) is 38.7 Å². The number of hydrogen-bond donors (Lipinski definition) is 1. The fourth-order valence-corrected chi connectivity index (χ4v) is 9.65. The van der Waals surface area contributed by atoms with Crippen LogP contribution in [-0.4, -0.2) is 98.4 Å². The van der Waals surface area contributed by atoms with Gasteiger partial charge < -0.3 is 23.8 Å². The van der Waals surface area contributed by atoms with Crippen molar-refractivity contribution >= 4 is 44.4 Å². The van der Waals surface area contributed by atoms with E-state index in [2.05, 4.69) is 9.71 Å². The number of rotatable bonds is 11. The molecule has 1 aromatic heterocycles. The number of hydrogen-bond acceptors (Lipinski definition) is 11. The van der Waals surface area contributed by atoms with Gasteiger partial charge in [0.1, 0.15) is 11.9 Å². The molecule has 6 rings (SSSR count). The van der Waals surface area contributed by atoms with E-state index < -0.39 is 92.4 Å². The highest BCUT2D eigenvalue weighted by molar-refractivity contribution is 7.90. The van der Waals surface area contributed by atoms with Crippen LogP contribution in [0.4, 0.5) is 13.2 Å². The minimum absolute atomic E-state index is 0.0108. The molecule has 4 aliphatic rings. The van der Waals surface area contributed by atoms with E-state index >= 15 is 0 Å². The van der Waals surface area contributed by atoms with Crippen LogP contribution < -0.4 is 14.2 Å². The van der Waals surface area contributed by atoms with Gasteiger partial charge in [-0.05, 0) is 99.8 Å². The smallest absolute Gasteiger partial charge is 0.427 e. The van der Waals surface area contributed by atoms with Crippen molar-refractivity contribution in [2.24, 2.45) is 29.1 Å². The largest absolute Gasteiger partial charge is 0.497 e. The normalized spacial score (nSPS) is 29.1. The van der Waals surface area contributed by atoms with E-state index in [9.17, 15) is 40.8 Å². The van der Waals surface area contributed by atoms with Gasteiger partial charge in [-0.2, -0.15) is 13.2 Å². The Bertz CT molecular complexity index is 2040. The van der Waals surface area contributed by atoms with Gasteiger partial charge in [0.25, 0.3) is 0 Å². The van der Waals surface area contributed by atoms with Gasteiger partial charge in [0.2, 0.25) is 33.3 Å². The van der Waals surface area contributed by atoms with E-state index in [-0.39, 0.29) is 44.2 Å². The maximum absolute atomic E-state index is 15.0. The van der Waals surface area contributed by atoms with Crippen molar-refractivity contribution in [3.8, 4) is 11.6 Å². The summed E-state index contributed by atoms with van der Waals surface area (Å²) in [5, 5.41) is 0.714. The number of amides is 2. The molecule has 1 saturated heterocycles. The number of fused-ring (bicyclic) bond motifs is 3. The molecule has 1 aromatic carbocycles. The summed E-state index contributed by atoms with van der Waals surface area (Å²) in [4.78, 5) is 62.6. The zero-order valence-corrected chi connectivity index (χ0v) is 34.2. The van der Waals surface area contributed by atoms with Crippen molar-refractivity contribution in [1.82, 2.24) is 14.6 Å². The average molecular weight is 836 g/mol. The number of benzene rings is 1. The van der Waals surface area contributed by atoms with Crippen LogP contribution in [0, 0.1) is 29.1 Å². The van der Waals surface area contributed by atoms with Gasteiger partial charge >= 0.3 is 12.1 Å². The van der Waals surface area contributed by atoms with Gasteiger partial charge in [-0.25, -0.2) is 13.4 Å². The number of alkyl halides is 3. The van der Waals surface area contributed by atoms with Crippen molar-refractivity contribution in [1.29, 1.82) is 0 Å². The summed E-state index contributed by atoms with van der Waals surface area (Å²) >= 11 is 0. The first-order valence-corrected chi connectivity index (χ1v) is 21.3. The lowest BCUT2D eigenvalue weighted by molar-refractivity contribution is -0.257. The standard InChI is InChI=1S/C41H52F3N3O10S/c1-24-8-6-7-9-27-20-40(27,38(51)46-58(52,53)30-11-12-30)21-34(48)33-18-29(56-36-31-13-10-28(55-5)17-25(31)14-15-45-36)22-47(33)37(50)32(26(16-24)23-54-4)19-35(49)57-39(2,3)41(42,43)44/h7,9-10,13-15,17,24,26-27,29-30,32-33H,6,8,11-12,16,18-23H2,1-5H3,(H,46,51)/b9-7-/t24-,26+,27-,29-,32+,33+,40-/m1/s1. The van der Waals surface area contributed by atoms with Crippen molar-refractivity contribution in [3.63, 3.8) is 0 Å². The molecule has 2 aromatic rings. The fourth-order valence-electron chi connectivity index (χ4n) is 8.26. The van der Waals surface area contributed by atoms with E-state index in [0.717, 1.165) is 19.2 Å². The average Bonchev–Trinajstić information content (AvgIpc) is 4.08. The highest BCUT2D eigenvalue weighted by Gasteiger charge is 2.62. The van der Waals surface area contributed by atoms with E-state index in [4.69, 9.17) is 18.9 Å². The number of pyridine rings is 1. The van der Waals surface area contributed by atoms with Crippen LogP contribution in [0.15, 0.2) is 42.6 Å². The monoisotopic (exact) mass is 835 g/mol. The number of Topliss-reactive ketones (excluding diaryl/α,β-unsaturated/α-hetero) is 1. The molecule has 2 aliphatic heterocycles. The van der Waals surface area contributed by atoms with E-state index in [0.29, 0.717) is 43.2 Å². The van der Waals surface area contributed by atoms with Gasteiger partial charge in [-0.1, -0.05) is 19.1 Å². The van der Waals surface area contributed by atoms with E-state index in [1.165, 1.54) is 19.1 Å². The number of ketones is 1. The van der Waals surface area contributed by atoms with Gasteiger partial charge in [0, 0.05) is 38.1 Å². The molecule has 2 aliphatic carbocycles. The number of nitrogens with zero attached hydrogens (tertiary/aromatic N) is 2. The summed E-state index contributed by atoms with van der Waals surface area (Å²) < 4.78 is 91.8.